The summed E-state index contributed by atoms with van der Waals surface area (Å²) in [5.41, 5.74) is 1.32. The highest BCUT2D eigenvalue weighted by Gasteiger charge is 2.27. The smallest absolute Gasteiger partial charge is 0.232 e. The highest BCUT2D eigenvalue weighted by molar-refractivity contribution is 7.99. The Morgan fingerprint density at radius 1 is 1.30 bits per heavy atom. The first-order chi connectivity index (χ1) is 9.81. The highest BCUT2D eigenvalue weighted by Crippen LogP contribution is 2.25. The highest BCUT2D eigenvalue weighted by atomic mass is 32.2. The maximum absolute atomic E-state index is 12.2. The van der Waals surface area contributed by atoms with Gasteiger partial charge in [-0.05, 0) is 37.0 Å². The largest absolute Gasteiger partial charge is 0.395 e. The Bertz CT molecular complexity index is 406. The standard InChI is InChI=1S/C16H23NO2S/c18-11-10-17(15-7-4-8-15)16(19)13-20-12-9-14-5-2-1-3-6-14/h1-3,5-6,15,18H,4,7-13H2. The molecule has 0 heterocycles. The second kappa shape index (κ2) is 8.32. The molecule has 0 aliphatic heterocycles. The summed E-state index contributed by atoms with van der Waals surface area (Å²) in [7, 11) is 0. The van der Waals surface area contributed by atoms with Crippen molar-refractivity contribution in [3.8, 4) is 0 Å². The molecule has 0 radical (unpaired) electrons. The maximum Gasteiger partial charge on any atom is 0.232 e. The number of carbonyl (C=O) groups is 1. The van der Waals surface area contributed by atoms with Gasteiger partial charge in [-0.3, -0.25) is 4.79 Å². The minimum absolute atomic E-state index is 0.0664. The third-order valence-electron chi connectivity index (χ3n) is 3.78. The number of benzene rings is 1. The van der Waals surface area contributed by atoms with Crippen LogP contribution in [0, 0.1) is 0 Å². The van der Waals surface area contributed by atoms with Crippen molar-refractivity contribution in [2.45, 2.75) is 31.7 Å². The predicted octanol–water partition coefficient (Wildman–Crippen LogP) is 2.34. The van der Waals surface area contributed by atoms with Crippen LogP contribution in [0.3, 0.4) is 0 Å². The van der Waals surface area contributed by atoms with E-state index in [1.807, 2.05) is 23.1 Å². The number of aryl methyl sites for hydroxylation is 1. The lowest BCUT2D eigenvalue weighted by atomic mass is 9.91. The fraction of sp³-hybridized carbons (Fsp3) is 0.562. The second-order valence-corrected chi connectivity index (χ2v) is 6.29. The molecule has 0 bridgehead atoms. The summed E-state index contributed by atoms with van der Waals surface area (Å²) < 4.78 is 0. The molecule has 20 heavy (non-hydrogen) atoms. The Kier molecular flexibility index (Phi) is 6.40. The van der Waals surface area contributed by atoms with Gasteiger partial charge in [-0.25, -0.2) is 0 Å². The second-order valence-electron chi connectivity index (χ2n) is 5.18. The van der Waals surface area contributed by atoms with Crippen LogP contribution in [0.4, 0.5) is 0 Å². The molecule has 1 aromatic rings. The third kappa shape index (κ3) is 4.53. The molecule has 1 saturated carbocycles. The number of hydrogen-bond acceptors (Lipinski definition) is 3. The van der Waals surface area contributed by atoms with Gasteiger partial charge in [0.05, 0.1) is 12.4 Å². The van der Waals surface area contributed by atoms with E-state index in [-0.39, 0.29) is 12.5 Å². The van der Waals surface area contributed by atoms with Crippen molar-refractivity contribution in [2.75, 3.05) is 24.7 Å². The van der Waals surface area contributed by atoms with E-state index in [0.29, 0.717) is 18.3 Å². The lowest BCUT2D eigenvalue weighted by Crippen LogP contribution is -2.46. The predicted molar refractivity (Wildman–Crippen MR) is 83.9 cm³/mol. The number of aliphatic hydroxyl groups excluding tert-OH is 1. The topological polar surface area (TPSA) is 40.5 Å². The van der Waals surface area contributed by atoms with Crippen LogP contribution in [0.25, 0.3) is 0 Å². The molecule has 4 heteroatoms. The van der Waals surface area contributed by atoms with Gasteiger partial charge in [0.25, 0.3) is 0 Å². The normalized spacial score (nSPS) is 14.8. The molecule has 1 aromatic carbocycles. The summed E-state index contributed by atoms with van der Waals surface area (Å²) in [5.74, 6) is 1.68. The van der Waals surface area contributed by atoms with Gasteiger partial charge in [-0.1, -0.05) is 30.3 Å². The van der Waals surface area contributed by atoms with Crippen LogP contribution in [0.15, 0.2) is 30.3 Å². The summed E-state index contributed by atoms with van der Waals surface area (Å²) in [4.78, 5) is 14.0. The zero-order chi connectivity index (χ0) is 14.2. The Labute approximate surface area is 125 Å². The van der Waals surface area contributed by atoms with Crippen molar-refractivity contribution in [2.24, 2.45) is 0 Å². The molecular weight excluding hydrogens is 270 g/mol. The molecule has 1 amide bonds. The molecule has 0 unspecified atom stereocenters. The van der Waals surface area contributed by atoms with Crippen molar-refractivity contribution >= 4 is 17.7 Å². The number of rotatable bonds is 8. The van der Waals surface area contributed by atoms with Crippen LogP contribution in [-0.2, 0) is 11.2 Å². The minimum Gasteiger partial charge on any atom is -0.395 e. The summed E-state index contributed by atoms with van der Waals surface area (Å²) in [6.45, 7) is 0.555. The van der Waals surface area contributed by atoms with Gasteiger partial charge in [0.1, 0.15) is 0 Å². The number of aliphatic hydroxyl groups is 1. The fourth-order valence-corrected chi connectivity index (χ4v) is 3.26. The first-order valence-corrected chi connectivity index (χ1v) is 8.48. The molecule has 0 saturated heterocycles. The van der Waals surface area contributed by atoms with Gasteiger partial charge in [-0.15, -0.1) is 0 Å². The van der Waals surface area contributed by atoms with E-state index in [1.54, 1.807) is 11.8 Å². The molecule has 1 N–H and O–H groups in total. The van der Waals surface area contributed by atoms with Crippen LogP contribution < -0.4 is 0 Å². The van der Waals surface area contributed by atoms with Gasteiger partial charge in [0.15, 0.2) is 0 Å². The van der Waals surface area contributed by atoms with Crippen molar-refractivity contribution < 1.29 is 9.90 Å². The number of hydrogen-bond donors (Lipinski definition) is 1. The summed E-state index contributed by atoms with van der Waals surface area (Å²) in [5, 5.41) is 9.07. The molecule has 1 aliphatic carbocycles. The van der Waals surface area contributed by atoms with Gasteiger partial charge >= 0.3 is 0 Å². The average molecular weight is 293 g/mol. The molecule has 0 aromatic heterocycles. The fourth-order valence-electron chi connectivity index (χ4n) is 2.39. The van der Waals surface area contributed by atoms with Gasteiger partial charge in [0, 0.05) is 12.6 Å². The van der Waals surface area contributed by atoms with E-state index in [4.69, 9.17) is 5.11 Å². The van der Waals surface area contributed by atoms with E-state index in [9.17, 15) is 4.79 Å². The maximum atomic E-state index is 12.2. The van der Waals surface area contributed by atoms with Crippen LogP contribution >= 0.6 is 11.8 Å². The van der Waals surface area contributed by atoms with Crippen LogP contribution in [0.5, 0.6) is 0 Å². The van der Waals surface area contributed by atoms with Crippen molar-refractivity contribution in [3.63, 3.8) is 0 Å². The lowest BCUT2D eigenvalue weighted by molar-refractivity contribution is -0.132. The van der Waals surface area contributed by atoms with Crippen molar-refractivity contribution in [1.82, 2.24) is 4.90 Å². The van der Waals surface area contributed by atoms with Crippen molar-refractivity contribution in [3.05, 3.63) is 35.9 Å². The number of amides is 1. The SMILES string of the molecule is O=C(CSCCc1ccccc1)N(CCO)C1CCC1. The monoisotopic (exact) mass is 293 g/mol. The summed E-state index contributed by atoms with van der Waals surface area (Å²) in [6, 6.07) is 10.7. The average Bonchev–Trinajstić information content (AvgIpc) is 2.42. The van der Waals surface area contributed by atoms with Gasteiger partial charge < -0.3 is 10.0 Å². The molecule has 2 rings (SSSR count). The molecule has 0 atom stereocenters. The molecule has 3 nitrogen and oxygen atoms in total. The summed E-state index contributed by atoms with van der Waals surface area (Å²) >= 11 is 1.69. The third-order valence-corrected chi connectivity index (χ3v) is 4.72. The van der Waals surface area contributed by atoms with Gasteiger partial charge in [-0.2, -0.15) is 11.8 Å². The van der Waals surface area contributed by atoms with E-state index in [1.165, 1.54) is 12.0 Å². The quantitative estimate of drug-likeness (QED) is 0.748. The number of thioether (sulfide) groups is 1. The van der Waals surface area contributed by atoms with E-state index in [0.717, 1.165) is 25.0 Å². The Morgan fingerprint density at radius 2 is 2.05 bits per heavy atom. The number of nitrogens with zero attached hydrogens (tertiary/aromatic N) is 1. The lowest BCUT2D eigenvalue weighted by Gasteiger charge is -2.37. The molecule has 1 aliphatic rings. The summed E-state index contributed by atoms with van der Waals surface area (Å²) in [6.07, 6.45) is 4.41. The number of carbonyl (C=O) groups excluding carboxylic acids is 1. The van der Waals surface area contributed by atoms with Crippen LogP contribution in [-0.4, -0.2) is 46.6 Å². The minimum atomic E-state index is 0.0664. The molecule has 0 spiro atoms. The van der Waals surface area contributed by atoms with E-state index < -0.39 is 0 Å². The molecule has 110 valence electrons. The van der Waals surface area contributed by atoms with Crippen LogP contribution in [0.2, 0.25) is 0 Å². The first-order valence-electron chi connectivity index (χ1n) is 7.33. The van der Waals surface area contributed by atoms with Crippen LogP contribution in [0.1, 0.15) is 24.8 Å². The molecular formula is C16H23NO2S. The Hall–Kier alpha value is -1.00. The Balaban J connectivity index is 1.68. The molecule has 1 fully saturated rings. The Morgan fingerprint density at radius 3 is 2.65 bits per heavy atom. The van der Waals surface area contributed by atoms with E-state index >= 15 is 0 Å². The zero-order valence-electron chi connectivity index (χ0n) is 11.8. The van der Waals surface area contributed by atoms with Crippen molar-refractivity contribution in [1.29, 1.82) is 0 Å². The van der Waals surface area contributed by atoms with E-state index in [2.05, 4.69) is 12.1 Å². The zero-order valence-corrected chi connectivity index (χ0v) is 12.6. The van der Waals surface area contributed by atoms with Gasteiger partial charge in [0.2, 0.25) is 5.91 Å². The first kappa shape index (κ1) is 15.4.